The molecule has 1 fully saturated rings. The van der Waals surface area contributed by atoms with Crippen molar-refractivity contribution in [3.8, 4) is 11.5 Å². The summed E-state index contributed by atoms with van der Waals surface area (Å²) in [5, 5.41) is 2.03. The molecule has 2 aromatic rings. The number of methoxy groups -OCH3 is 2. The standard InChI is InChI=1S/C19H23NO4S/c1-22-16-9-14(10-17(11-16)23-2)19(21)20(12-15-5-3-7-24-15)13-18-6-4-8-25-18/h4,6,8-11,15H,3,5,7,12-13H2,1-2H3. The van der Waals surface area contributed by atoms with Crippen molar-refractivity contribution in [1.29, 1.82) is 0 Å². The predicted molar refractivity (Wildman–Crippen MR) is 97.6 cm³/mol. The Bertz CT molecular complexity index is 673. The predicted octanol–water partition coefficient (Wildman–Crippen LogP) is 3.59. The lowest BCUT2D eigenvalue weighted by Crippen LogP contribution is -2.36. The molecule has 1 aliphatic rings. The molecular weight excluding hydrogens is 338 g/mol. The lowest BCUT2D eigenvalue weighted by molar-refractivity contribution is 0.0509. The maximum atomic E-state index is 13.2. The Hall–Kier alpha value is -2.05. The van der Waals surface area contributed by atoms with Crippen molar-refractivity contribution in [3.63, 3.8) is 0 Å². The molecule has 25 heavy (non-hydrogen) atoms. The molecule has 1 aliphatic heterocycles. The van der Waals surface area contributed by atoms with Crippen LogP contribution in [-0.4, -0.2) is 44.3 Å². The van der Waals surface area contributed by atoms with Gasteiger partial charge in [0.25, 0.3) is 5.91 Å². The van der Waals surface area contributed by atoms with Crippen LogP contribution < -0.4 is 9.47 Å². The Kier molecular flexibility index (Phi) is 5.94. The summed E-state index contributed by atoms with van der Waals surface area (Å²) in [4.78, 5) is 16.2. The number of amides is 1. The van der Waals surface area contributed by atoms with Gasteiger partial charge in [-0.3, -0.25) is 4.79 Å². The molecule has 5 nitrogen and oxygen atoms in total. The van der Waals surface area contributed by atoms with Gasteiger partial charge in [0, 0.05) is 29.7 Å². The fourth-order valence-corrected chi connectivity index (χ4v) is 3.68. The summed E-state index contributed by atoms with van der Waals surface area (Å²) in [6, 6.07) is 9.32. The maximum absolute atomic E-state index is 13.2. The lowest BCUT2D eigenvalue weighted by atomic mass is 10.1. The van der Waals surface area contributed by atoms with E-state index in [9.17, 15) is 4.79 Å². The van der Waals surface area contributed by atoms with E-state index in [4.69, 9.17) is 14.2 Å². The van der Waals surface area contributed by atoms with Gasteiger partial charge in [-0.15, -0.1) is 11.3 Å². The summed E-state index contributed by atoms with van der Waals surface area (Å²) in [5.41, 5.74) is 0.561. The normalized spacial score (nSPS) is 16.6. The van der Waals surface area contributed by atoms with Gasteiger partial charge in [0.05, 0.1) is 26.9 Å². The quantitative estimate of drug-likeness (QED) is 0.756. The average Bonchev–Trinajstić information content (AvgIpc) is 3.34. The second kappa shape index (κ2) is 8.36. The molecule has 1 saturated heterocycles. The zero-order chi connectivity index (χ0) is 17.6. The van der Waals surface area contributed by atoms with E-state index in [0.29, 0.717) is 30.2 Å². The Morgan fingerprint density at radius 2 is 2.04 bits per heavy atom. The third kappa shape index (κ3) is 4.52. The summed E-state index contributed by atoms with van der Waals surface area (Å²) in [6.07, 6.45) is 2.16. The number of carbonyl (C=O) groups excluding carboxylic acids is 1. The van der Waals surface area contributed by atoms with E-state index in [1.165, 1.54) is 0 Å². The fraction of sp³-hybridized carbons (Fsp3) is 0.421. The molecule has 1 atom stereocenters. The molecule has 0 radical (unpaired) electrons. The van der Waals surface area contributed by atoms with Gasteiger partial charge in [0.15, 0.2) is 0 Å². The zero-order valence-corrected chi connectivity index (χ0v) is 15.4. The minimum Gasteiger partial charge on any atom is -0.497 e. The molecule has 2 heterocycles. The van der Waals surface area contributed by atoms with Crippen LogP contribution >= 0.6 is 11.3 Å². The Labute approximate surface area is 152 Å². The highest BCUT2D eigenvalue weighted by atomic mass is 32.1. The molecule has 3 rings (SSSR count). The summed E-state index contributed by atoms with van der Waals surface area (Å²) in [5.74, 6) is 1.17. The molecule has 1 unspecified atom stereocenters. The van der Waals surface area contributed by atoms with Crippen LogP contribution in [-0.2, 0) is 11.3 Å². The average molecular weight is 361 g/mol. The van der Waals surface area contributed by atoms with E-state index < -0.39 is 0 Å². The molecule has 0 N–H and O–H groups in total. The van der Waals surface area contributed by atoms with Gasteiger partial charge in [-0.05, 0) is 36.4 Å². The number of ether oxygens (including phenoxy) is 3. The van der Waals surface area contributed by atoms with E-state index in [0.717, 1.165) is 24.3 Å². The third-order valence-electron chi connectivity index (χ3n) is 4.26. The highest BCUT2D eigenvalue weighted by molar-refractivity contribution is 7.09. The first-order valence-electron chi connectivity index (χ1n) is 8.36. The minimum absolute atomic E-state index is 0.0406. The number of rotatable bonds is 7. The molecule has 0 spiro atoms. The van der Waals surface area contributed by atoms with E-state index in [1.54, 1.807) is 43.8 Å². The van der Waals surface area contributed by atoms with Crippen LogP contribution in [0.2, 0.25) is 0 Å². The monoisotopic (exact) mass is 361 g/mol. The van der Waals surface area contributed by atoms with E-state index >= 15 is 0 Å². The third-order valence-corrected chi connectivity index (χ3v) is 5.12. The number of benzene rings is 1. The van der Waals surface area contributed by atoms with Crippen LogP contribution in [0, 0.1) is 0 Å². The zero-order valence-electron chi connectivity index (χ0n) is 14.6. The first-order valence-corrected chi connectivity index (χ1v) is 9.24. The van der Waals surface area contributed by atoms with Crippen LogP contribution in [0.4, 0.5) is 0 Å². The molecule has 1 aromatic heterocycles. The van der Waals surface area contributed by atoms with Crippen LogP contribution in [0.15, 0.2) is 35.7 Å². The first-order chi connectivity index (χ1) is 12.2. The Morgan fingerprint density at radius 1 is 1.28 bits per heavy atom. The molecular formula is C19H23NO4S. The van der Waals surface area contributed by atoms with Crippen LogP contribution in [0.5, 0.6) is 11.5 Å². The van der Waals surface area contributed by atoms with E-state index in [2.05, 4.69) is 0 Å². The van der Waals surface area contributed by atoms with Crippen molar-refractivity contribution in [2.24, 2.45) is 0 Å². The molecule has 6 heteroatoms. The van der Waals surface area contributed by atoms with Crippen molar-refractivity contribution < 1.29 is 19.0 Å². The van der Waals surface area contributed by atoms with Crippen molar-refractivity contribution >= 4 is 17.2 Å². The van der Waals surface area contributed by atoms with Gasteiger partial charge in [-0.2, -0.15) is 0 Å². The van der Waals surface area contributed by atoms with Crippen molar-refractivity contribution in [2.75, 3.05) is 27.4 Å². The largest absolute Gasteiger partial charge is 0.497 e. The molecule has 0 bridgehead atoms. The molecule has 1 amide bonds. The highest BCUT2D eigenvalue weighted by Gasteiger charge is 2.24. The summed E-state index contributed by atoms with van der Waals surface area (Å²) >= 11 is 1.65. The van der Waals surface area contributed by atoms with Gasteiger partial charge in [-0.25, -0.2) is 0 Å². The van der Waals surface area contributed by atoms with Gasteiger partial charge < -0.3 is 19.1 Å². The van der Waals surface area contributed by atoms with Crippen molar-refractivity contribution in [1.82, 2.24) is 4.90 Å². The van der Waals surface area contributed by atoms with Gasteiger partial charge >= 0.3 is 0 Å². The van der Waals surface area contributed by atoms with Gasteiger partial charge in [-0.1, -0.05) is 6.07 Å². The second-order valence-electron chi connectivity index (χ2n) is 6.00. The minimum atomic E-state index is -0.0406. The fourth-order valence-electron chi connectivity index (χ4n) is 2.96. The summed E-state index contributed by atoms with van der Waals surface area (Å²) < 4.78 is 16.3. The Balaban J connectivity index is 1.84. The van der Waals surface area contributed by atoms with E-state index in [1.807, 2.05) is 22.4 Å². The SMILES string of the molecule is COc1cc(OC)cc(C(=O)N(Cc2cccs2)CC2CCCO2)c1. The number of carbonyl (C=O) groups is 1. The van der Waals surface area contributed by atoms with Crippen LogP contribution in [0.3, 0.4) is 0 Å². The highest BCUT2D eigenvalue weighted by Crippen LogP contribution is 2.25. The van der Waals surface area contributed by atoms with Gasteiger partial charge in [0.2, 0.25) is 0 Å². The number of hydrogen-bond donors (Lipinski definition) is 0. The number of nitrogens with zero attached hydrogens (tertiary/aromatic N) is 1. The van der Waals surface area contributed by atoms with Crippen molar-refractivity contribution in [2.45, 2.75) is 25.5 Å². The second-order valence-corrected chi connectivity index (χ2v) is 7.03. The van der Waals surface area contributed by atoms with Gasteiger partial charge in [0.1, 0.15) is 11.5 Å². The summed E-state index contributed by atoms with van der Waals surface area (Å²) in [7, 11) is 3.16. The lowest BCUT2D eigenvalue weighted by Gasteiger charge is -2.25. The van der Waals surface area contributed by atoms with Crippen LogP contribution in [0.1, 0.15) is 28.1 Å². The number of hydrogen-bond acceptors (Lipinski definition) is 5. The first kappa shape index (κ1) is 17.8. The summed E-state index contributed by atoms with van der Waals surface area (Å²) in [6.45, 7) is 1.95. The molecule has 0 saturated carbocycles. The smallest absolute Gasteiger partial charge is 0.254 e. The number of thiophene rings is 1. The van der Waals surface area contributed by atoms with Crippen LogP contribution in [0.25, 0.3) is 0 Å². The Morgan fingerprint density at radius 3 is 2.60 bits per heavy atom. The maximum Gasteiger partial charge on any atom is 0.254 e. The molecule has 0 aliphatic carbocycles. The molecule has 134 valence electrons. The van der Waals surface area contributed by atoms with E-state index in [-0.39, 0.29) is 12.0 Å². The topological polar surface area (TPSA) is 48.0 Å². The molecule has 1 aromatic carbocycles. The van der Waals surface area contributed by atoms with Crippen molar-refractivity contribution in [3.05, 3.63) is 46.2 Å².